The number of amides is 2. The fourth-order valence-electron chi connectivity index (χ4n) is 1.40. The first kappa shape index (κ1) is 17.0. The average molecular weight is 323 g/mol. The minimum absolute atomic E-state index is 0.0236. The zero-order valence-corrected chi connectivity index (χ0v) is 11.5. The van der Waals surface area contributed by atoms with Crippen LogP contribution in [-0.4, -0.2) is 30.3 Å². The number of benzene rings is 1. The van der Waals surface area contributed by atoms with E-state index >= 15 is 0 Å². The molecule has 0 atom stereocenters. The third-order valence-corrected chi connectivity index (χ3v) is 2.50. The van der Waals surface area contributed by atoms with Gasteiger partial charge in [-0.05, 0) is 18.6 Å². The van der Waals surface area contributed by atoms with Gasteiger partial charge in [0.15, 0.2) is 5.75 Å². The first-order valence-corrected chi connectivity index (χ1v) is 6.27. The number of hydrogen-bond donors (Lipinski definition) is 3. The van der Waals surface area contributed by atoms with E-state index in [1.165, 1.54) is 12.1 Å². The number of aliphatic carboxylic acids is 1. The summed E-state index contributed by atoms with van der Waals surface area (Å²) in [4.78, 5) is 21.8. The van der Waals surface area contributed by atoms with Crippen molar-refractivity contribution in [3.63, 3.8) is 0 Å². The fourth-order valence-corrected chi connectivity index (χ4v) is 1.56. The Morgan fingerprint density at radius 1 is 1.38 bits per heavy atom. The highest BCUT2D eigenvalue weighted by atomic mass is 35.5. The van der Waals surface area contributed by atoms with Crippen molar-refractivity contribution in [3.8, 4) is 5.75 Å². The highest BCUT2D eigenvalue weighted by molar-refractivity contribution is 6.30. The number of carboxylic acids is 1. The molecule has 1 rings (SSSR count). The van der Waals surface area contributed by atoms with Gasteiger partial charge in [-0.25, -0.2) is 4.79 Å². The van der Waals surface area contributed by atoms with E-state index in [9.17, 15) is 18.4 Å². The van der Waals surface area contributed by atoms with E-state index in [2.05, 4.69) is 15.4 Å². The minimum Gasteiger partial charge on any atom is -0.481 e. The number of anilines is 1. The Kier molecular flexibility index (Phi) is 6.67. The normalized spacial score (nSPS) is 10.3. The summed E-state index contributed by atoms with van der Waals surface area (Å²) in [6, 6.07) is 3.20. The van der Waals surface area contributed by atoms with E-state index in [0.29, 0.717) is 0 Å². The summed E-state index contributed by atoms with van der Waals surface area (Å²) in [5.41, 5.74) is 0.0236. The fraction of sp³-hybridized carbons (Fsp3) is 0.333. The molecule has 0 spiro atoms. The number of carbonyl (C=O) groups excluding carboxylic acids is 1. The Labute approximate surface area is 124 Å². The number of carboxylic acid groups (broad SMARTS) is 1. The maximum Gasteiger partial charge on any atom is 0.387 e. The van der Waals surface area contributed by atoms with E-state index in [1.54, 1.807) is 0 Å². The lowest BCUT2D eigenvalue weighted by molar-refractivity contribution is -0.137. The molecule has 116 valence electrons. The van der Waals surface area contributed by atoms with Crippen LogP contribution in [0.2, 0.25) is 5.02 Å². The molecule has 1 aromatic rings. The van der Waals surface area contributed by atoms with Gasteiger partial charge in [0, 0.05) is 24.1 Å². The van der Waals surface area contributed by atoms with E-state index in [1.807, 2.05) is 0 Å². The Morgan fingerprint density at radius 3 is 2.71 bits per heavy atom. The van der Waals surface area contributed by atoms with Crippen LogP contribution in [0.5, 0.6) is 5.75 Å². The number of urea groups is 1. The summed E-state index contributed by atoms with van der Waals surface area (Å²) in [5, 5.41) is 13.3. The summed E-state index contributed by atoms with van der Waals surface area (Å²) >= 11 is 5.66. The minimum atomic E-state index is -3.05. The zero-order valence-electron chi connectivity index (χ0n) is 10.7. The van der Waals surface area contributed by atoms with E-state index in [0.717, 1.165) is 6.07 Å². The predicted octanol–water partition coefficient (Wildman–Crippen LogP) is 2.93. The monoisotopic (exact) mass is 322 g/mol. The van der Waals surface area contributed by atoms with Crippen LogP contribution < -0.4 is 15.4 Å². The molecule has 1 aromatic carbocycles. The Balaban J connectivity index is 2.56. The van der Waals surface area contributed by atoms with Crippen LogP contribution >= 0.6 is 11.6 Å². The first-order valence-electron chi connectivity index (χ1n) is 5.89. The molecule has 0 unspecified atom stereocenters. The van der Waals surface area contributed by atoms with Crippen molar-refractivity contribution in [1.29, 1.82) is 0 Å². The molecule has 0 aliphatic rings. The van der Waals surface area contributed by atoms with Crippen LogP contribution in [0, 0.1) is 0 Å². The molecular weight excluding hydrogens is 310 g/mol. The summed E-state index contributed by atoms with van der Waals surface area (Å²) in [5.74, 6) is -1.24. The van der Waals surface area contributed by atoms with E-state index < -0.39 is 18.6 Å². The number of halogens is 3. The predicted molar refractivity (Wildman–Crippen MR) is 72.0 cm³/mol. The van der Waals surface area contributed by atoms with Gasteiger partial charge in [0.1, 0.15) is 0 Å². The van der Waals surface area contributed by atoms with Crippen LogP contribution in [0.4, 0.5) is 19.3 Å². The molecule has 3 N–H and O–H groups in total. The molecule has 0 saturated carbocycles. The third kappa shape index (κ3) is 6.75. The quantitative estimate of drug-likeness (QED) is 0.673. The van der Waals surface area contributed by atoms with Crippen LogP contribution in [0.1, 0.15) is 12.8 Å². The molecular formula is C12H13ClF2N2O4. The molecule has 0 saturated heterocycles. The van der Waals surface area contributed by atoms with E-state index in [4.69, 9.17) is 16.7 Å². The molecule has 0 heterocycles. The Hall–Kier alpha value is -2.09. The molecule has 2 amide bonds. The Morgan fingerprint density at radius 2 is 2.10 bits per heavy atom. The number of carbonyl (C=O) groups is 2. The average Bonchev–Trinajstić information content (AvgIpc) is 2.37. The van der Waals surface area contributed by atoms with Crippen molar-refractivity contribution in [3.05, 3.63) is 23.2 Å². The lowest BCUT2D eigenvalue weighted by atomic mass is 10.3. The molecule has 0 bridgehead atoms. The molecule has 21 heavy (non-hydrogen) atoms. The molecule has 0 aromatic heterocycles. The van der Waals surface area contributed by atoms with Crippen LogP contribution in [0.3, 0.4) is 0 Å². The summed E-state index contributed by atoms with van der Waals surface area (Å²) in [7, 11) is 0. The lowest BCUT2D eigenvalue weighted by Crippen LogP contribution is -2.30. The molecule has 6 nitrogen and oxygen atoms in total. The molecule has 9 heteroatoms. The second-order valence-electron chi connectivity index (χ2n) is 3.90. The summed E-state index contributed by atoms with van der Waals surface area (Å²) in [6.07, 6.45) is 0.171. The number of alkyl halides is 2. The zero-order chi connectivity index (χ0) is 15.8. The highest BCUT2D eigenvalue weighted by Gasteiger charge is 2.12. The van der Waals surface area contributed by atoms with Crippen LogP contribution in [0.15, 0.2) is 18.2 Å². The second kappa shape index (κ2) is 8.25. The van der Waals surface area contributed by atoms with Crippen molar-refractivity contribution in [1.82, 2.24) is 5.32 Å². The number of rotatable bonds is 7. The summed E-state index contributed by atoms with van der Waals surface area (Å²) < 4.78 is 28.7. The van der Waals surface area contributed by atoms with Crippen molar-refractivity contribution in [2.45, 2.75) is 19.5 Å². The summed E-state index contributed by atoms with van der Waals surface area (Å²) in [6.45, 7) is -2.92. The highest BCUT2D eigenvalue weighted by Crippen LogP contribution is 2.29. The maximum absolute atomic E-state index is 12.2. The van der Waals surface area contributed by atoms with Gasteiger partial charge in [-0.15, -0.1) is 0 Å². The van der Waals surface area contributed by atoms with Gasteiger partial charge in [0.05, 0.1) is 5.69 Å². The van der Waals surface area contributed by atoms with Crippen molar-refractivity contribution in [2.24, 2.45) is 0 Å². The van der Waals surface area contributed by atoms with Crippen LogP contribution in [-0.2, 0) is 4.79 Å². The van der Waals surface area contributed by atoms with Gasteiger partial charge in [-0.3, -0.25) is 4.79 Å². The van der Waals surface area contributed by atoms with Gasteiger partial charge >= 0.3 is 18.6 Å². The van der Waals surface area contributed by atoms with E-state index in [-0.39, 0.29) is 35.8 Å². The standard InChI is InChI=1S/C12H13ClF2N2O4/c13-7-3-4-8(9(6-7)21-11(14)15)17-12(20)16-5-1-2-10(18)19/h3-4,6,11H,1-2,5H2,(H,18,19)(H2,16,17,20). The molecule has 0 fully saturated rings. The molecule has 0 aliphatic heterocycles. The first-order chi connectivity index (χ1) is 9.88. The van der Waals surface area contributed by atoms with Gasteiger partial charge < -0.3 is 20.5 Å². The SMILES string of the molecule is O=C(O)CCCNC(=O)Nc1ccc(Cl)cc1OC(F)F. The van der Waals surface area contributed by atoms with Crippen LogP contribution in [0.25, 0.3) is 0 Å². The number of nitrogens with one attached hydrogen (secondary N) is 2. The molecule has 0 aliphatic carbocycles. The Bertz CT molecular complexity index is 514. The second-order valence-corrected chi connectivity index (χ2v) is 4.33. The maximum atomic E-state index is 12.2. The van der Waals surface area contributed by atoms with Gasteiger partial charge in [0.2, 0.25) is 0 Å². The largest absolute Gasteiger partial charge is 0.481 e. The van der Waals surface area contributed by atoms with Crippen molar-refractivity contribution in [2.75, 3.05) is 11.9 Å². The van der Waals surface area contributed by atoms with Gasteiger partial charge in [0.25, 0.3) is 0 Å². The van der Waals surface area contributed by atoms with Crippen molar-refractivity contribution < 1.29 is 28.2 Å². The number of hydrogen-bond acceptors (Lipinski definition) is 3. The smallest absolute Gasteiger partial charge is 0.387 e. The number of ether oxygens (including phenoxy) is 1. The lowest BCUT2D eigenvalue weighted by Gasteiger charge is -2.12. The van der Waals surface area contributed by atoms with Gasteiger partial charge in [-0.1, -0.05) is 11.6 Å². The third-order valence-electron chi connectivity index (χ3n) is 2.26. The molecule has 0 radical (unpaired) electrons. The van der Waals surface area contributed by atoms with Gasteiger partial charge in [-0.2, -0.15) is 8.78 Å². The topological polar surface area (TPSA) is 87.7 Å². The van der Waals surface area contributed by atoms with Crippen molar-refractivity contribution >= 4 is 29.3 Å².